The minimum atomic E-state index is -3.66. The summed E-state index contributed by atoms with van der Waals surface area (Å²) >= 11 is 1.83. The van der Waals surface area contributed by atoms with E-state index in [1.807, 2.05) is 11.8 Å². The molecular weight excluding hydrogens is 298 g/mol. The van der Waals surface area contributed by atoms with Gasteiger partial charge in [-0.3, -0.25) is 0 Å². The van der Waals surface area contributed by atoms with Gasteiger partial charge < -0.3 is 5.11 Å². The summed E-state index contributed by atoms with van der Waals surface area (Å²) < 4.78 is 27.1. The van der Waals surface area contributed by atoms with Crippen molar-refractivity contribution in [1.29, 1.82) is 0 Å². The van der Waals surface area contributed by atoms with Gasteiger partial charge in [0.05, 0.1) is 10.5 Å². The Hall–Kier alpha value is -1.05. The molecule has 0 aliphatic carbocycles. The number of rotatable bonds is 5. The van der Waals surface area contributed by atoms with Gasteiger partial charge in [0.15, 0.2) is 0 Å². The van der Waals surface area contributed by atoms with Crippen LogP contribution in [-0.2, 0) is 10.0 Å². The van der Waals surface area contributed by atoms with Gasteiger partial charge in [0.2, 0.25) is 10.0 Å². The summed E-state index contributed by atoms with van der Waals surface area (Å²) in [5, 5.41) is 9.04. The molecule has 5 nitrogen and oxygen atoms in total. The van der Waals surface area contributed by atoms with Crippen molar-refractivity contribution in [2.24, 2.45) is 5.92 Å². The molecule has 0 radical (unpaired) electrons. The third-order valence-electron chi connectivity index (χ3n) is 3.39. The molecule has 0 saturated carbocycles. The SMILES string of the molecule is Cc1c(C(=O)O)cccc1S(=O)(=O)NCC1CCSC1. The molecule has 0 aromatic heterocycles. The molecule has 0 spiro atoms. The number of thioether (sulfide) groups is 1. The fourth-order valence-corrected chi connectivity index (χ4v) is 4.85. The lowest BCUT2D eigenvalue weighted by Crippen LogP contribution is -2.30. The van der Waals surface area contributed by atoms with Crippen molar-refractivity contribution in [2.75, 3.05) is 18.1 Å². The molecule has 1 unspecified atom stereocenters. The van der Waals surface area contributed by atoms with Crippen LogP contribution in [0.15, 0.2) is 23.1 Å². The second-order valence-corrected chi connectivity index (χ2v) is 7.70. The Labute approximate surface area is 122 Å². The maximum Gasteiger partial charge on any atom is 0.335 e. The monoisotopic (exact) mass is 315 g/mol. The van der Waals surface area contributed by atoms with Crippen molar-refractivity contribution in [3.63, 3.8) is 0 Å². The zero-order valence-corrected chi connectivity index (χ0v) is 12.8. The first-order valence-corrected chi connectivity index (χ1v) is 8.96. The van der Waals surface area contributed by atoms with Gasteiger partial charge in [-0.2, -0.15) is 11.8 Å². The molecule has 0 bridgehead atoms. The van der Waals surface area contributed by atoms with Crippen LogP contribution in [0.2, 0.25) is 0 Å². The smallest absolute Gasteiger partial charge is 0.335 e. The van der Waals surface area contributed by atoms with Crippen LogP contribution >= 0.6 is 11.8 Å². The van der Waals surface area contributed by atoms with E-state index in [1.54, 1.807) is 0 Å². The number of nitrogens with one attached hydrogen (secondary N) is 1. The van der Waals surface area contributed by atoms with Crippen LogP contribution in [0, 0.1) is 12.8 Å². The number of carbonyl (C=O) groups is 1. The molecule has 1 aliphatic rings. The lowest BCUT2D eigenvalue weighted by molar-refractivity contribution is 0.0696. The van der Waals surface area contributed by atoms with Gasteiger partial charge >= 0.3 is 5.97 Å². The van der Waals surface area contributed by atoms with E-state index < -0.39 is 16.0 Å². The predicted molar refractivity (Wildman–Crippen MR) is 78.8 cm³/mol. The van der Waals surface area contributed by atoms with Crippen LogP contribution in [0.3, 0.4) is 0 Å². The molecule has 1 aliphatic heterocycles. The zero-order chi connectivity index (χ0) is 14.8. The van der Waals surface area contributed by atoms with Gasteiger partial charge in [-0.1, -0.05) is 6.07 Å². The van der Waals surface area contributed by atoms with E-state index in [0.717, 1.165) is 17.9 Å². The summed E-state index contributed by atoms with van der Waals surface area (Å²) in [4.78, 5) is 11.1. The molecule has 1 aromatic carbocycles. The van der Waals surface area contributed by atoms with Crippen molar-refractivity contribution in [3.05, 3.63) is 29.3 Å². The Kier molecular flexibility index (Phi) is 4.72. The van der Waals surface area contributed by atoms with Gasteiger partial charge in [-0.15, -0.1) is 0 Å². The lowest BCUT2D eigenvalue weighted by Gasteiger charge is -2.13. The van der Waals surface area contributed by atoms with E-state index in [-0.39, 0.29) is 16.0 Å². The van der Waals surface area contributed by atoms with Gasteiger partial charge in [0.1, 0.15) is 0 Å². The Balaban J connectivity index is 2.20. The average molecular weight is 315 g/mol. The number of hydrogen-bond donors (Lipinski definition) is 2. The summed E-state index contributed by atoms with van der Waals surface area (Å²) in [5.74, 6) is 1.28. The number of carboxylic acids is 1. The van der Waals surface area contributed by atoms with Crippen LogP contribution in [0.4, 0.5) is 0 Å². The summed E-state index contributed by atoms with van der Waals surface area (Å²) in [6.45, 7) is 1.93. The van der Waals surface area contributed by atoms with Gasteiger partial charge in [0.25, 0.3) is 0 Å². The molecule has 1 heterocycles. The number of benzene rings is 1. The highest BCUT2D eigenvalue weighted by Crippen LogP contribution is 2.24. The third kappa shape index (κ3) is 3.34. The first-order chi connectivity index (χ1) is 9.42. The van der Waals surface area contributed by atoms with Crippen LogP contribution in [0.25, 0.3) is 0 Å². The second kappa shape index (κ2) is 6.15. The van der Waals surface area contributed by atoms with Crippen LogP contribution < -0.4 is 4.72 Å². The van der Waals surface area contributed by atoms with Gasteiger partial charge in [0, 0.05) is 6.54 Å². The van der Waals surface area contributed by atoms with Gasteiger partial charge in [-0.25, -0.2) is 17.9 Å². The molecule has 2 rings (SSSR count). The van der Waals surface area contributed by atoms with Crippen molar-refractivity contribution >= 4 is 27.8 Å². The van der Waals surface area contributed by atoms with Crippen molar-refractivity contribution in [2.45, 2.75) is 18.2 Å². The van der Waals surface area contributed by atoms with E-state index in [9.17, 15) is 13.2 Å². The van der Waals surface area contributed by atoms with Crippen molar-refractivity contribution in [1.82, 2.24) is 4.72 Å². The molecule has 7 heteroatoms. The molecule has 1 aromatic rings. The number of carboxylic acid groups (broad SMARTS) is 1. The minimum absolute atomic E-state index is 0.0179. The number of aromatic carboxylic acids is 1. The number of hydrogen-bond acceptors (Lipinski definition) is 4. The summed E-state index contributed by atoms with van der Waals surface area (Å²) in [6.07, 6.45) is 1.02. The van der Waals surface area contributed by atoms with Crippen LogP contribution in [-0.4, -0.2) is 37.5 Å². The Morgan fingerprint density at radius 2 is 2.25 bits per heavy atom. The summed E-state index contributed by atoms with van der Waals surface area (Å²) in [7, 11) is -3.66. The van der Waals surface area contributed by atoms with E-state index in [4.69, 9.17) is 5.11 Å². The number of sulfonamides is 1. The summed E-state index contributed by atoms with van der Waals surface area (Å²) in [6, 6.07) is 4.30. The topological polar surface area (TPSA) is 83.5 Å². The first-order valence-electron chi connectivity index (χ1n) is 6.32. The third-order valence-corrected chi connectivity index (χ3v) is 6.19. The minimum Gasteiger partial charge on any atom is -0.478 e. The fourth-order valence-electron chi connectivity index (χ4n) is 2.19. The molecule has 1 saturated heterocycles. The summed E-state index contributed by atoms with van der Waals surface area (Å²) in [5.41, 5.74) is 0.289. The predicted octanol–water partition coefficient (Wildman–Crippen LogP) is 1.72. The quantitative estimate of drug-likeness (QED) is 0.864. The van der Waals surface area contributed by atoms with Crippen LogP contribution in [0.5, 0.6) is 0 Å². The van der Waals surface area contributed by atoms with Crippen molar-refractivity contribution < 1.29 is 18.3 Å². The average Bonchev–Trinajstić information content (AvgIpc) is 2.89. The zero-order valence-electron chi connectivity index (χ0n) is 11.1. The lowest BCUT2D eigenvalue weighted by atomic mass is 10.1. The highest BCUT2D eigenvalue weighted by molar-refractivity contribution is 7.99. The fraction of sp³-hybridized carbons (Fsp3) is 0.462. The molecule has 0 amide bonds. The molecule has 1 atom stereocenters. The molecule has 20 heavy (non-hydrogen) atoms. The standard InChI is InChI=1S/C13H17NO4S2/c1-9-11(13(15)16)3-2-4-12(9)20(17,18)14-7-10-5-6-19-8-10/h2-4,10,14H,5-8H2,1H3,(H,15,16). The maximum atomic E-state index is 12.3. The normalized spacial score (nSPS) is 19.1. The van der Waals surface area contributed by atoms with Crippen molar-refractivity contribution in [3.8, 4) is 0 Å². The molecule has 1 fully saturated rings. The Morgan fingerprint density at radius 3 is 2.85 bits per heavy atom. The molecular formula is C13H17NO4S2. The Morgan fingerprint density at radius 1 is 1.50 bits per heavy atom. The maximum absolute atomic E-state index is 12.3. The van der Waals surface area contributed by atoms with E-state index in [1.165, 1.54) is 25.1 Å². The van der Waals surface area contributed by atoms with E-state index in [0.29, 0.717) is 12.5 Å². The largest absolute Gasteiger partial charge is 0.478 e. The van der Waals surface area contributed by atoms with E-state index >= 15 is 0 Å². The first kappa shape index (κ1) is 15.3. The second-order valence-electron chi connectivity index (χ2n) is 4.82. The Bertz CT molecular complexity index is 607. The highest BCUT2D eigenvalue weighted by atomic mass is 32.2. The molecule has 2 N–H and O–H groups in total. The molecule has 110 valence electrons. The van der Waals surface area contributed by atoms with E-state index in [2.05, 4.69) is 4.72 Å². The highest BCUT2D eigenvalue weighted by Gasteiger charge is 2.23. The van der Waals surface area contributed by atoms with Gasteiger partial charge in [-0.05, 0) is 48.5 Å². The van der Waals surface area contributed by atoms with Crippen LogP contribution in [0.1, 0.15) is 22.3 Å².